The van der Waals surface area contributed by atoms with Gasteiger partial charge in [0.1, 0.15) is 0 Å². The van der Waals surface area contributed by atoms with Crippen LogP contribution in [-0.4, -0.2) is 16.1 Å². The molecule has 1 aromatic heterocycles. The lowest BCUT2D eigenvalue weighted by atomic mass is 10.2. The summed E-state index contributed by atoms with van der Waals surface area (Å²) >= 11 is 1.80. The molecule has 98 valence electrons. The lowest BCUT2D eigenvalue weighted by molar-refractivity contribution is 0.102. The van der Waals surface area contributed by atoms with E-state index in [9.17, 15) is 4.79 Å². The summed E-state index contributed by atoms with van der Waals surface area (Å²) in [5.74, 6) is -0.141. The zero-order valence-electron chi connectivity index (χ0n) is 11.0. The molecule has 1 N–H and O–H groups in total. The van der Waals surface area contributed by atoms with Crippen molar-refractivity contribution in [3.63, 3.8) is 0 Å². The van der Waals surface area contributed by atoms with Crippen LogP contribution in [0.1, 0.15) is 24.2 Å². The number of nitrogens with zero attached hydrogens (tertiary/aromatic N) is 1. The number of benzene rings is 1. The SMILES string of the molecule is CC(C)Sc1ccc(NC(=O)c2cccnc2)cc1. The predicted octanol–water partition coefficient (Wildman–Crippen LogP) is 3.83. The Hall–Kier alpha value is -1.81. The van der Waals surface area contributed by atoms with E-state index in [-0.39, 0.29) is 5.91 Å². The zero-order chi connectivity index (χ0) is 13.7. The summed E-state index contributed by atoms with van der Waals surface area (Å²) in [5.41, 5.74) is 1.35. The number of amides is 1. The number of hydrogen-bond donors (Lipinski definition) is 1. The number of rotatable bonds is 4. The van der Waals surface area contributed by atoms with Gasteiger partial charge >= 0.3 is 0 Å². The molecule has 2 aromatic rings. The molecular formula is C15H16N2OS. The molecule has 0 fully saturated rings. The number of carbonyl (C=O) groups excluding carboxylic acids is 1. The topological polar surface area (TPSA) is 42.0 Å². The second kappa shape index (κ2) is 6.38. The van der Waals surface area contributed by atoms with Gasteiger partial charge in [-0.25, -0.2) is 0 Å². The standard InChI is InChI=1S/C15H16N2OS/c1-11(2)19-14-7-5-13(6-8-14)17-15(18)12-4-3-9-16-10-12/h3-11H,1-2H3,(H,17,18). The van der Waals surface area contributed by atoms with Crippen molar-refractivity contribution in [2.75, 3.05) is 5.32 Å². The lowest BCUT2D eigenvalue weighted by Crippen LogP contribution is -2.11. The summed E-state index contributed by atoms with van der Waals surface area (Å²) in [6.45, 7) is 4.31. The average Bonchev–Trinajstić information content (AvgIpc) is 2.41. The average molecular weight is 272 g/mol. The molecule has 0 bridgehead atoms. The van der Waals surface area contributed by atoms with Crippen molar-refractivity contribution in [1.82, 2.24) is 4.98 Å². The Kier molecular flexibility index (Phi) is 4.58. The first-order chi connectivity index (χ1) is 9.15. The summed E-state index contributed by atoms with van der Waals surface area (Å²) in [4.78, 5) is 17.1. The van der Waals surface area contributed by atoms with Gasteiger partial charge in [0.2, 0.25) is 0 Å². The highest BCUT2D eigenvalue weighted by atomic mass is 32.2. The van der Waals surface area contributed by atoms with E-state index in [0.29, 0.717) is 10.8 Å². The Balaban J connectivity index is 2.02. The van der Waals surface area contributed by atoms with E-state index in [2.05, 4.69) is 24.1 Å². The number of thioether (sulfide) groups is 1. The van der Waals surface area contributed by atoms with Crippen molar-refractivity contribution < 1.29 is 4.79 Å². The molecule has 1 amide bonds. The molecule has 0 unspecified atom stereocenters. The molecule has 0 atom stereocenters. The second-order valence-corrected chi connectivity index (χ2v) is 6.04. The van der Waals surface area contributed by atoms with E-state index < -0.39 is 0 Å². The van der Waals surface area contributed by atoms with E-state index in [0.717, 1.165) is 5.69 Å². The maximum atomic E-state index is 11.9. The molecule has 0 aliphatic carbocycles. The van der Waals surface area contributed by atoms with E-state index in [4.69, 9.17) is 0 Å². The summed E-state index contributed by atoms with van der Waals surface area (Å²) in [6, 6.07) is 11.4. The fourth-order valence-corrected chi connectivity index (χ4v) is 2.43. The fourth-order valence-electron chi connectivity index (χ4n) is 1.59. The molecule has 4 heteroatoms. The van der Waals surface area contributed by atoms with Gasteiger partial charge in [-0.05, 0) is 36.4 Å². The van der Waals surface area contributed by atoms with Crippen LogP contribution in [-0.2, 0) is 0 Å². The van der Waals surface area contributed by atoms with Crippen molar-refractivity contribution in [2.45, 2.75) is 24.0 Å². The molecule has 1 heterocycles. The van der Waals surface area contributed by atoms with Gasteiger partial charge in [-0.15, -0.1) is 11.8 Å². The van der Waals surface area contributed by atoms with Gasteiger partial charge in [0.25, 0.3) is 5.91 Å². The monoisotopic (exact) mass is 272 g/mol. The molecule has 0 radical (unpaired) electrons. The Morgan fingerprint density at radius 2 is 1.95 bits per heavy atom. The maximum Gasteiger partial charge on any atom is 0.257 e. The van der Waals surface area contributed by atoms with Crippen LogP contribution in [0.3, 0.4) is 0 Å². The van der Waals surface area contributed by atoms with Crippen LogP contribution >= 0.6 is 11.8 Å². The van der Waals surface area contributed by atoms with Crippen LogP contribution in [0.4, 0.5) is 5.69 Å². The third-order valence-electron chi connectivity index (χ3n) is 2.41. The van der Waals surface area contributed by atoms with Crippen molar-refractivity contribution >= 4 is 23.4 Å². The first-order valence-electron chi connectivity index (χ1n) is 6.13. The first kappa shape index (κ1) is 13.6. The lowest BCUT2D eigenvalue weighted by Gasteiger charge is -2.07. The zero-order valence-corrected chi connectivity index (χ0v) is 11.8. The first-order valence-corrected chi connectivity index (χ1v) is 7.01. The third-order valence-corrected chi connectivity index (χ3v) is 3.42. The van der Waals surface area contributed by atoms with Crippen molar-refractivity contribution in [3.8, 4) is 0 Å². The summed E-state index contributed by atoms with van der Waals surface area (Å²) in [7, 11) is 0. The van der Waals surface area contributed by atoms with Gasteiger partial charge < -0.3 is 5.32 Å². The summed E-state index contributed by atoms with van der Waals surface area (Å²) in [5, 5.41) is 3.40. The highest BCUT2D eigenvalue weighted by Gasteiger charge is 2.05. The quantitative estimate of drug-likeness (QED) is 0.860. The van der Waals surface area contributed by atoms with Crippen LogP contribution in [0, 0.1) is 0 Å². The second-order valence-electron chi connectivity index (χ2n) is 4.39. The minimum Gasteiger partial charge on any atom is -0.322 e. The minimum absolute atomic E-state index is 0.141. The number of anilines is 1. The number of aromatic nitrogens is 1. The van der Waals surface area contributed by atoms with Gasteiger partial charge in [0.05, 0.1) is 5.56 Å². The van der Waals surface area contributed by atoms with Gasteiger partial charge in [-0.1, -0.05) is 13.8 Å². The maximum absolute atomic E-state index is 11.9. The van der Waals surface area contributed by atoms with Crippen LogP contribution in [0.5, 0.6) is 0 Å². The predicted molar refractivity (Wildman–Crippen MR) is 79.6 cm³/mol. The Bertz CT molecular complexity index is 538. The molecule has 2 rings (SSSR count). The van der Waals surface area contributed by atoms with Gasteiger partial charge in [-0.3, -0.25) is 9.78 Å². The normalized spacial score (nSPS) is 10.5. The van der Waals surface area contributed by atoms with Crippen LogP contribution < -0.4 is 5.32 Å². The largest absolute Gasteiger partial charge is 0.322 e. The van der Waals surface area contributed by atoms with E-state index >= 15 is 0 Å². The number of carbonyl (C=O) groups is 1. The third kappa shape index (κ3) is 4.10. The Morgan fingerprint density at radius 1 is 1.21 bits per heavy atom. The molecular weight excluding hydrogens is 256 g/mol. The van der Waals surface area contributed by atoms with E-state index in [1.807, 2.05) is 24.3 Å². The highest BCUT2D eigenvalue weighted by molar-refractivity contribution is 7.99. The molecule has 3 nitrogen and oxygen atoms in total. The van der Waals surface area contributed by atoms with Gasteiger partial charge in [0, 0.05) is 28.2 Å². The Labute approximate surface area is 117 Å². The molecule has 1 aromatic carbocycles. The van der Waals surface area contributed by atoms with Crippen LogP contribution in [0.15, 0.2) is 53.7 Å². The molecule has 0 saturated carbocycles. The molecule has 0 aliphatic rings. The van der Waals surface area contributed by atoms with Crippen LogP contribution in [0.2, 0.25) is 0 Å². The minimum atomic E-state index is -0.141. The molecule has 0 spiro atoms. The number of pyridine rings is 1. The molecule has 0 saturated heterocycles. The number of nitrogens with one attached hydrogen (secondary N) is 1. The fraction of sp³-hybridized carbons (Fsp3) is 0.200. The van der Waals surface area contributed by atoms with Crippen molar-refractivity contribution in [2.24, 2.45) is 0 Å². The van der Waals surface area contributed by atoms with Crippen molar-refractivity contribution in [1.29, 1.82) is 0 Å². The van der Waals surface area contributed by atoms with E-state index in [1.54, 1.807) is 36.3 Å². The van der Waals surface area contributed by atoms with Gasteiger partial charge in [0.15, 0.2) is 0 Å². The smallest absolute Gasteiger partial charge is 0.257 e. The Morgan fingerprint density at radius 3 is 2.53 bits per heavy atom. The summed E-state index contributed by atoms with van der Waals surface area (Å²) < 4.78 is 0. The van der Waals surface area contributed by atoms with Crippen LogP contribution in [0.25, 0.3) is 0 Å². The highest BCUT2D eigenvalue weighted by Crippen LogP contribution is 2.24. The van der Waals surface area contributed by atoms with Crippen molar-refractivity contribution in [3.05, 3.63) is 54.4 Å². The molecule has 0 aliphatic heterocycles. The summed E-state index contributed by atoms with van der Waals surface area (Å²) in [6.07, 6.45) is 3.20. The van der Waals surface area contributed by atoms with Gasteiger partial charge in [-0.2, -0.15) is 0 Å². The number of hydrogen-bond acceptors (Lipinski definition) is 3. The van der Waals surface area contributed by atoms with E-state index in [1.165, 1.54) is 4.90 Å². The molecule has 19 heavy (non-hydrogen) atoms.